The molecule has 22 heavy (non-hydrogen) atoms. The lowest BCUT2D eigenvalue weighted by Crippen LogP contribution is -2.42. The summed E-state index contributed by atoms with van der Waals surface area (Å²) in [6.07, 6.45) is 0. The minimum Gasteiger partial charge on any atom is -0.354 e. The Morgan fingerprint density at radius 1 is 1.23 bits per heavy atom. The normalized spacial score (nSPS) is 10.7. The highest BCUT2D eigenvalue weighted by atomic mass is 16.2. The molecule has 0 spiro atoms. The molecule has 122 valence electrons. The van der Waals surface area contributed by atoms with E-state index in [1.54, 1.807) is 13.8 Å². The summed E-state index contributed by atoms with van der Waals surface area (Å²) in [6, 6.07) is 0.0279. The molecule has 0 atom stereocenters. The van der Waals surface area contributed by atoms with Gasteiger partial charge in [0.15, 0.2) is 5.78 Å². The Bertz CT molecular complexity index is 588. The molecule has 0 saturated carbocycles. The second-order valence-electron chi connectivity index (χ2n) is 5.72. The molecule has 6 heteroatoms. The van der Waals surface area contributed by atoms with E-state index in [0.29, 0.717) is 29.1 Å². The number of aryl methyl sites for hydroxylation is 1. The lowest BCUT2D eigenvalue weighted by molar-refractivity contribution is -0.122. The number of Topliss-reactive ketones (excluding diaryl/α,β-unsaturated/α-hetero) is 1. The molecular weight excluding hydrogens is 282 g/mol. The second kappa shape index (κ2) is 7.24. The van der Waals surface area contributed by atoms with Crippen LogP contribution in [0.15, 0.2) is 0 Å². The first-order valence-corrected chi connectivity index (χ1v) is 7.47. The number of ketones is 1. The number of aromatic amines is 1. The summed E-state index contributed by atoms with van der Waals surface area (Å²) in [7, 11) is 0. The monoisotopic (exact) mass is 307 g/mol. The first-order chi connectivity index (χ1) is 10.2. The molecular formula is C16H25N3O3. The number of hydrogen-bond donors (Lipinski definition) is 2. The van der Waals surface area contributed by atoms with Gasteiger partial charge in [0.1, 0.15) is 5.69 Å². The molecule has 2 amide bonds. The maximum Gasteiger partial charge on any atom is 0.271 e. The molecule has 0 bridgehead atoms. The lowest BCUT2D eigenvalue weighted by Gasteiger charge is -2.21. The summed E-state index contributed by atoms with van der Waals surface area (Å²) >= 11 is 0. The van der Waals surface area contributed by atoms with E-state index in [9.17, 15) is 14.4 Å². The second-order valence-corrected chi connectivity index (χ2v) is 5.72. The number of nitrogens with one attached hydrogen (secondary N) is 2. The van der Waals surface area contributed by atoms with Crippen LogP contribution in [-0.2, 0) is 4.79 Å². The molecule has 1 heterocycles. The van der Waals surface area contributed by atoms with E-state index in [0.717, 1.165) is 0 Å². The molecule has 0 unspecified atom stereocenters. The number of H-pyrrole nitrogens is 1. The highest BCUT2D eigenvalue weighted by Gasteiger charge is 2.24. The van der Waals surface area contributed by atoms with Crippen LogP contribution in [0.3, 0.4) is 0 Å². The number of likely N-dealkylation sites (N-methyl/N-ethyl adjacent to an activating group) is 1. The number of aromatic nitrogens is 1. The van der Waals surface area contributed by atoms with E-state index in [2.05, 4.69) is 10.3 Å². The predicted octanol–water partition coefficient (Wildman–Crippen LogP) is 1.82. The van der Waals surface area contributed by atoms with Crippen molar-refractivity contribution in [3.05, 3.63) is 22.5 Å². The number of carbonyl (C=O) groups excluding carboxylic acids is 3. The van der Waals surface area contributed by atoms with Crippen LogP contribution < -0.4 is 5.32 Å². The van der Waals surface area contributed by atoms with Crippen LogP contribution in [0.25, 0.3) is 0 Å². The zero-order chi connectivity index (χ0) is 17.0. The van der Waals surface area contributed by atoms with Crippen LogP contribution in [0.4, 0.5) is 0 Å². The molecule has 1 rings (SSSR count). The summed E-state index contributed by atoms with van der Waals surface area (Å²) in [6.45, 7) is 11.0. The minimum atomic E-state index is -0.269. The largest absolute Gasteiger partial charge is 0.354 e. The Morgan fingerprint density at radius 2 is 1.82 bits per heavy atom. The molecule has 0 aliphatic carbocycles. The number of rotatable bonds is 6. The summed E-state index contributed by atoms with van der Waals surface area (Å²) < 4.78 is 0. The van der Waals surface area contributed by atoms with Gasteiger partial charge in [0.25, 0.3) is 5.91 Å². The molecule has 1 aromatic rings. The number of amides is 2. The Balaban J connectivity index is 3.00. The predicted molar refractivity (Wildman–Crippen MR) is 85.1 cm³/mol. The van der Waals surface area contributed by atoms with E-state index < -0.39 is 0 Å². The van der Waals surface area contributed by atoms with Crippen LogP contribution in [0, 0.1) is 13.8 Å². The van der Waals surface area contributed by atoms with E-state index in [4.69, 9.17) is 0 Å². The average Bonchev–Trinajstić information content (AvgIpc) is 2.69. The van der Waals surface area contributed by atoms with Gasteiger partial charge in [0, 0.05) is 23.8 Å². The van der Waals surface area contributed by atoms with Gasteiger partial charge in [-0.05, 0) is 47.1 Å². The average molecular weight is 307 g/mol. The zero-order valence-electron chi connectivity index (χ0n) is 14.2. The summed E-state index contributed by atoms with van der Waals surface area (Å²) in [4.78, 5) is 40.6. The number of nitrogens with zero attached hydrogens (tertiary/aromatic N) is 1. The third-order valence-corrected chi connectivity index (χ3v) is 3.46. The molecule has 6 nitrogen and oxygen atoms in total. The summed E-state index contributed by atoms with van der Waals surface area (Å²) in [5.74, 6) is -0.543. The first kappa shape index (κ1) is 17.9. The molecule has 1 aromatic heterocycles. The van der Waals surface area contributed by atoms with Gasteiger partial charge < -0.3 is 15.2 Å². The topological polar surface area (TPSA) is 82.3 Å². The molecule has 0 aromatic carbocycles. The van der Waals surface area contributed by atoms with Crippen LogP contribution in [0.5, 0.6) is 0 Å². The van der Waals surface area contributed by atoms with E-state index in [-0.39, 0.29) is 30.2 Å². The Hall–Kier alpha value is -2.11. The smallest absolute Gasteiger partial charge is 0.271 e. The van der Waals surface area contributed by atoms with Gasteiger partial charge >= 0.3 is 0 Å². The van der Waals surface area contributed by atoms with E-state index in [1.165, 1.54) is 11.8 Å². The third-order valence-electron chi connectivity index (χ3n) is 3.46. The Morgan fingerprint density at radius 3 is 2.23 bits per heavy atom. The molecule has 2 N–H and O–H groups in total. The van der Waals surface area contributed by atoms with Crippen molar-refractivity contribution in [1.82, 2.24) is 15.2 Å². The quantitative estimate of drug-likeness (QED) is 0.786. The fourth-order valence-corrected chi connectivity index (χ4v) is 2.52. The van der Waals surface area contributed by atoms with Crippen molar-refractivity contribution < 1.29 is 14.4 Å². The van der Waals surface area contributed by atoms with Crippen LogP contribution in [0.2, 0.25) is 0 Å². The van der Waals surface area contributed by atoms with Gasteiger partial charge in [-0.25, -0.2) is 0 Å². The molecule has 0 aliphatic rings. The summed E-state index contributed by atoms with van der Waals surface area (Å²) in [5, 5.41) is 2.77. The Labute approximate surface area is 131 Å². The lowest BCUT2D eigenvalue weighted by atomic mass is 10.1. The maximum absolute atomic E-state index is 12.6. The van der Waals surface area contributed by atoms with Crippen molar-refractivity contribution >= 4 is 17.6 Å². The van der Waals surface area contributed by atoms with Crippen molar-refractivity contribution in [2.24, 2.45) is 0 Å². The van der Waals surface area contributed by atoms with Gasteiger partial charge in [0.05, 0.1) is 6.54 Å². The molecule has 0 fully saturated rings. The highest BCUT2D eigenvalue weighted by Crippen LogP contribution is 2.19. The van der Waals surface area contributed by atoms with Gasteiger partial charge in [-0.2, -0.15) is 0 Å². The highest BCUT2D eigenvalue weighted by molar-refractivity contribution is 6.03. The molecule has 0 saturated heterocycles. The molecule has 0 radical (unpaired) electrons. The number of carbonyl (C=O) groups is 3. The maximum atomic E-state index is 12.6. The minimum absolute atomic E-state index is 0.000422. The fourth-order valence-electron chi connectivity index (χ4n) is 2.52. The van der Waals surface area contributed by atoms with Gasteiger partial charge in [0.2, 0.25) is 5.91 Å². The van der Waals surface area contributed by atoms with Crippen molar-refractivity contribution in [1.29, 1.82) is 0 Å². The van der Waals surface area contributed by atoms with Crippen molar-refractivity contribution in [2.75, 3.05) is 13.1 Å². The fraction of sp³-hybridized carbons (Fsp3) is 0.562. The molecule has 0 aliphatic heterocycles. The van der Waals surface area contributed by atoms with Crippen molar-refractivity contribution in [2.45, 2.75) is 47.6 Å². The van der Waals surface area contributed by atoms with Gasteiger partial charge in [-0.3, -0.25) is 14.4 Å². The van der Waals surface area contributed by atoms with Crippen LogP contribution in [-0.4, -0.2) is 46.6 Å². The van der Waals surface area contributed by atoms with E-state index >= 15 is 0 Å². The standard InChI is InChI=1S/C16H25N3O3/c1-7-19(8-13(21)17-9(2)3)16(22)15-10(4)14(12(6)20)11(5)18-15/h9,18H,7-8H2,1-6H3,(H,17,21). The van der Waals surface area contributed by atoms with Gasteiger partial charge in [-0.15, -0.1) is 0 Å². The van der Waals surface area contributed by atoms with Crippen molar-refractivity contribution in [3.8, 4) is 0 Å². The SMILES string of the molecule is CCN(CC(=O)NC(C)C)C(=O)c1[nH]c(C)c(C(C)=O)c1C. The van der Waals surface area contributed by atoms with Crippen molar-refractivity contribution in [3.63, 3.8) is 0 Å². The number of hydrogen-bond acceptors (Lipinski definition) is 3. The van der Waals surface area contributed by atoms with Gasteiger partial charge in [-0.1, -0.05) is 0 Å². The van der Waals surface area contributed by atoms with E-state index in [1.807, 2.05) is 20.8 Å². The van der Waals surface area contributed by atoms with Crippen LogP contribution in [0.1, 0.15) is 59.8 Å². The Kier molecular flexibility index (Phi) is 5.91. The summed E-state index contributed by atoms with van der Waals surface area (Å²) in [5.41, 5.74) is 2.24. The zero-order valence-corrected chi connectivity index (χ0v) is 14.2. The first-order valence-electron chi connectivity index (χ1n) is 7.47. The third kappa shape index (κ3) is 3.96. The van der Waals surface area contributed by atoms with Crippen LogP contribution >= 0.6 is 0 Å².